The van der Waals surface area contributed by atoms with Crippen molar-refractivity contribution >= 4 is 5.97 Å². The molecule has 0 saturated heterocycles. The third-order valence-electron chi connectivity index (χ3n) is 1.51. The molecular weight excluding hydrogens is 180 g/mol. The lowest BCUT2D eigenvalue weighted by molar-refractivity contribution is -0.145. The van der Waals surface area contributed by atoms with Crippen molar-refractivity contribution < 1.29 is 14.3 Å². The van der Waals surface area contributed by atoms with Crippen LogP contribution in [0.5, 0.6) is 5.75 Å². The van der Waals surface area contributed by atoms with E-state index in [9.17, 15) is 4.79 Å². The Morgan fingerprint density at radius 3 is 2.64 bits per heavy atom. The standard InChI is InChI=1S/C11H13O3/c1-9(14-10(2)12)8-13-11-6-4-3-5-7-11/h3-7,9H,1,8H2,2H3. The van der Waals surface area contributed by atoms with Gasteiger partial charge in [-0.05, 0) is 19.1 Å². The number of benzene rings is 1. The second-order valence-electron chi connectivity index (χ2n) is 2.86. The normalized spacial score (nSPS) is 11.9. The highest BCUT2D eigenvalue weighted by molar-refractivity contribution is 5.66. The molecule has 0 amide bonds. The van der Waals surface area contributed by atoms with E-state index >= 15 is 0 Å². The third kappa shape index (κ3) is 3.94. The SMILES string of the molecule is [CH2]C(COc1ccccc1)OC(C)=O. The molecular formula is C11H13O3. The third-order valence-corrected chi connectivity index (χ3v) is 1.51. The topological polar surface area (TPSA) is 35.5 Å². The highest BCUT2D eigenvalue weighted by Crippen LogP contribution is 2.08. The molecule has 1 aromatic carbocycles. The molecule has 0 heterocycles. The molecule has 0 aliphatic rings. The fraction of sp³-hybridized carbons (Fsp3) is 0.273. The summed E-state index contributed by atoms with van der Waals surface area (Å²) in [7, 11) is 0. The minimum Gasteiger partial charge on any atom is -0.490 e. The summed E-state index contributed by atoms with van der Waals surface area (Å²) in [5, 5.41) is 0. The lowest BCUT2D eigenvalue weighted by Crippen LogP contribution is -2.20. The maximum Gasteiger partial charge on any atom is 0.303 e. The van der Waals surface area contributed by atoms with Crippen LogP contribution in [-0.2, 0) is 9.53 Å². The molecule has 0 saturated carbocycles. The monoisotopic (exact) mass is 193 g/mol. The van der Waals surface area contributed by atoms with Gasteiger partial charge in [0.15, 0.2) is 0 Å². The van der Waals surface area contributed by atoms with E-state index in [0.29, 0.717) is 0 Å². The molecule has 0 bridgehead atoms. The summed E-state index contributed by atoms with van der Waals surface area (Å²) in [6.07, 6.45) is -0.465. The molecule has 0 aliphatic heterocycles. The van der Waals surface area contributed by atoms with Crippen molar-refractivity contribution in [2.24, 2.45) is 0 Å². The fourth-order valence-electron chi connectivity index (χ4n) is 0.975. The first-order chi connectivity index (χ1) is 6.68. The smallest absolute Gasteiger partial charge is 0.303 e. The fourth-order valence-corrected chi connectivity index (χ4v) is 0.975. The van der Waals surface area contributed by atoms with Crippen molar-refractivity contribution in [2.75, 3.05) is 6.61 Å². The van der Waals surface area contributed by atoms with E-state index in [-0.39, 0.29) is 12.6 Å². The molecule has 75 valence electrons. The summed E-state index contributed by atoms with van der Waals surface area (Å²) in [5.74, 6) is 0.398. The highest BCUT2D eigenvalue weighted by Gasteiger charge is 2.05. The lowest BCUT2D eigenvalue weighted by Gasteiger charge is -2.12. The van der Waals surface area contributed by atoms with Crippen LogP contribution in [-0.4, -0.2) is 18.7 Å². The van der Waals surface area contributed by atoms with E-state index in [1.165, 1.54) is 6.92 Å². The predicted octanol–water partition coefficient (Wildman–Crippen LogP) is 1.83. The van der Waals surface area contributed by atoms with Gasteiger partial charge in [0.25, 0.3) is 0 Å². The van der Waals surface area contributed by atoms with Crippen LogP contribution in [0.3, 0.4) is 0 Å². The predicted molar refractivity (Wildman–Crippen MR) is 52.8 cm³/mol. The molecule has 1 aromatic rings. The van der Waals surface area contributed by atoms with Crippen LogP contribution in [0.15, 0.2) is 30.3 Å². The summed E-state index contributed by atoms with van der Waals surface area (Å²) in [6.45, 7) is 5.24. The summed E-state index contributed by atoms with van der Waals surface area (Å²) in [4.78, 5) is 10.5. The quantitative estimate of drug-likeness (QED) is 0.684. The van der Waals surface area contributed by atoms with Crippen molar-refractivity contribution in [1.29, 1.82) is 0 Å². The summed E-state index contributed by atoms with van der Waals surface area (Å²) in [6, 6.07) is 9.32. The van der Waals surface area contributed by atoms with E-state index < -0.39 is 6.10 Å². The minimum atomic E-state index is -0.465. The number of ether oxygens (including phenoxy) is 2. The lowest BCUT2D eigenvalue weighted by atomic mass is 10.3. The number of carbonyl (C=O) groups is 1. The Balaban J connectivity index is 2.30. The van der Waals surface area contributed by atoms with Crippen molar-refractivity contribution in [1.82, 2.24) is 0 Å². The summed E-state index contributed by atoms with van der Waals surface area (Å²) >= 11 is 0. The Morgan fingerprint density at radius 2 is 2.07 bits per heavy atom. The van der Waals surface area contributed by atoms with Crippen LogP contribution in [0.4, 0.5) is 0 Å². The molecule has 3 heteroatoms. The molecule has 1 atom stereocenters. The first-order valence-corrected chi connectivity index (χ1v) is 4.36. The molecule has 0 spiro atoms. The minimum absolute atomic E-state index is 0.267. The van der Waals surface area contributed by atoms with E-state index in [1.807, 2.05) is 30.3 Å². The molecule has 0 fully saturated rings. The van der Waals surface area contributed by atoms with E-state index in [4.69, 9.17) is 9.47 Å². The van der Waals surface area contributed by atoms with Crippen molar-refractivity contribution in [3.05, 3.63) is 37.3 Å². The second kappa shape index (κ2) is 5.27. The molecule has 1 rings (SSSR count). The molecule has 0 N–H and O–H groups in total. The van der Waals surface area contributed by atoms with Gasteiger partial charge in [0.2, 0.25) is 0 Å². The van der Waals surface area contributed by atoms with Crippen LogP contribution in [0, 0.1) is 6.92 Å². The maximum absolute atomic E-state index is 10.5. The van der Waals surface area contributed by atoms with Crippen LogP contribution >= 0.6 is 0 Å². The second-order valence-corrected chi connectivity index (χ2v) is 2.86. The Morgan fingerprint density at radius 1 is 1.43 bits per heavy atom. The Labute approximate surface area is 83.6 Å². The Bertz CT molecular complexity index is 282. The van der Waals surface area contributed by atoms with Gasteiger partial charge >= 0.3 is 5.97 Å². The van der Waals surface area contributed by atoms with Gasteiger partial charge in [-0.25, -0.2) is 0 Å². The average Bonchev–Trinajstić information content (AvgIpc) is 2.15. The van der Waals surface area contributed by atoms with Gasteiger partial charge in [-0.3, -0.25) is 4.79 Å². The average molecular weight is 193 g/mol. The van der Waals surface area contributed by atoms with E-state index in [2.05, 4.69) is 6.92 Å². The number of hydrogen-bond donors (Lipinski definition) is 0. The van der Waals surface area contributed by atoms with Crippen molar-refractivity contribution in [2.45, 2.75) is 13.0 Å². The number of hydrogen-bond acceptors (Lipinski definition) is 3. The Hall–Kier alpha value is -1.51. The molecule has 1 unspecified atom stereocenters. The van der Waals surface area contributed by atoms with Crippen LogP contribution in [0.1, 0.15) is 6.92 Å². The molecule has 3 nitrogen and oxygen atoms in total. The molecule has 0 aromatic heterocycles. The first kappa shape index (κ1) is 10.6. The highest BCUT2D eigenvalue weighted by atomic mass is 16.6. The Kier molecular flexibility index (Phi) is 3.98. The zero-order valence-corrected chi connectivity index (χ0v) is 8.10. The van der Waals surface area contributed by atoms with Gasteiger partial charge in [0.05, 0.1) is 0 Å². The van der Waals surface area contributed by atoms with Crippen molar-refractivity contribution in [3.8, 4) is 5.75 Å². The number of rotatable bonds is 4. The summed E-state index contributed by atoms with van der Waals surface area (Å²) < 4.78 is 10.1. The number of carbonyl (C=O) groups excluding carboxylic acids is 1. The van der Waals surface area contributed by atoms with E-state index in [0.717, 1.165) is 5.75 Å². The molecule has 14 heavy (non-hydrogen) atoms. The van der Waals surface area contributed by atoms with Gasteiger partial charge in [-0.1, -0.05) is 18.2 Å². The molecule has 1 radical (unpaired) electrons. The molecule has 0 aliphatic carbocycles. The van der Waals surface area contributed by atoms with Crippen LogP contribution in [0.25, 0.3) is 0 Å². The van der Waals surface area contributed by atoms with Gasteiger partial charge in [0, 0.05) is 6.92 Å². The van der Waals surface area contributed by atoms with Crippen LogP contribution < -0.4 is 4.74 Å². The van der Waals surface area contributed by atoms with Crippen LogP contribution in [0.2, 0.25) is 0 Å². The number of para-hydroxylation sites is 1. The summed E-state index contributed by atoms with van der Waals surface area (Å²) in [5.41, 5.74) is 0. The largest absolute Gasteiger partial charge is 0.490 e. The number of esters is 1. The first-order valence-electron chi connectivity index (χ1n) is 4.36. The zero-order valence-electron chi connectivity index (χ0n) is 8.10. The van der Waals surface area contributed by atoms with Gasteiger partial charge in [-0.15, -0.1) is 0 Å². The van der Waals surface area contributed by atoms with Gasteiger partial charge < -0.3 is 9.47 Å². The van der Waals surface area contributed by atoms with Gasteiger partial charge in [0.1, 0.15) is 18.5 Å². The van der Waals surface area contributed by atoms with Gasteiger partial charge in [-0.2, -0.15) is 0 Å². The maximum atomic E-state index is 10.5. The van der Waals surface area contributed by atoms with Crippen molar-refractivity contribution in [3.63, 3.8) is 0 Å². The van der Waals surface area contributed by atoms with E-state index in [1.54, 1.807) is 0 Å². The zero-order chi connectivity index (χ0) is 10.4.